The van der Waals surface area contributed by atoms with Crippen LogP contribution in [0.4, 0.5) is 0 Å². The maximum atomic E-state index is 9.71. The second-order valence-electron chi connectivity index (χ2n) is 3.44. The minimum absolute atomic E-state index is 0.0274. The van der Waals surface area contributed by atoms with Gasteiger partial charge in [0.25, 0.3) is 0 Å². The fourth-order valence-electron chi connectivity index (χ4n) is 1.88. The predicted octanol–water partition coefficient (Wildman–Crippen LogP) is 3.58. The Balaban J connectivity index is 2.70. The van der Waals surface area contributed by atoms with Crippen LogP contribution >= 0.6 is 69.6 Å². The molecule has 7 heteroatoms. The molecule has 0 radical (unpaired) electrons. The van der Waals surface area contributed by atoms with Crippen LogP contribution in [-0.2, 0) is 0 Å². The molecule has 0 aromatic heterocycles. The smallest absolute Gasteiger partial charge is 0.168 e. The SMILES string of the molecule is OC1CC2(Cl)C(Cl)=C(Cl)C1(Cl)C2(Cl)Cl. The van der Waals surface area contributed by atoms with Gasteiger partial charge in [-0.2, -0.15) is 0 Å². The maximum absolute atomic E-state index is 9.71. The number of aliphatic hydroxyl groups is 1. The maximum Gasteiger partial charge on any atom is 0.168 e. The minimum Gasteiger partial charge on any atom is -0.391 e. The van der Waals surface area contributed by atoms with Crippen molar-refractivity contribution in [2.24, 2.45) is 0 Å². The van der Waals surface area contributed by atoms with Crippen molar-refractivity contribution in [2.75, 3.05) is 0 Å². The summed E-state index contributed by atoms with van der Waals surface area (Å²) in [6.07, 6.45) is -0.924. The van der Waals surface area contributed by atoms with Gasteiger partial charge in [0.2, 0.25) is 0 Å². The first-order chi connectivity index (χ1) is 6.19. The third kappa shape index (κ3) is 0.964. The topological polar surface area (TPSA) is 20.2 Å². The van der Waals surface area contributed by atoms with Gasteiger partial charge in [0.15, 0.2) is 4.33 Å². The molecule has 14 heavy (non-hydrogen) atoms. The average molecular weight is 317 g/mol. The molecule has 1 nitrogen and oxygen atoms in total. The highest BCUT2D eigenvalue weighted by atomic mass is 35.5. The molecule has 3 atom stereocenters. The summed E-state index contributed by atoms with van der Waals surface area (Å²) >= 11 is 36.1. The van der Waals surface area contributed by atoms with E-state index in [9.17, 15) is 5.11 Å². The lowest BCUT2D eigenvalue weighted by Gasteiger charge is -2.31. The number of alkyl halides is 4. The molecule has 3 unspecified atom stereocenters. The lowest BCUT2D eigenvalue weighted by atomic mass is 10.0. The molecule has 1 saturated carbocycles. The second kappa shape index (κ2) is 3.01. The summed E-state index contributed by atoms with van der Waals surface area (Å²) < 4.78 is -1.60. The van der Waals surface area contributed by atoms with E-state index in [1.54, 1.807) is 0 Å². The van der Waals surface area contributed by atoms with E-state index in [0.29, 0.717) is 0 Å². The van der Waals surface area contributed by atoms with Crippen molar-refractivity contribution in [2.45, 2.75) is 26.6 Å². The molecule has 2 aliphatic carbocycles. The highest BCUT2D eigenvalue weighted by molar-refractivity contribution is 6.65. The molecule has 0 aliphatic heterocycles. The fraction of sp³-hybridized carbons (Fsp3) is 0.714. The van der Waals surface area contributed by atoms with E-state index in [1.807, 2.05) is 0 Å². The van der Waals surface area contributed by atoms with Gasteiger partial charge in [0.1, 0.15) is 9.75 Å². The summed E-state index contributed by atoms with van der Waals surface area (Å²) in [5, 5.41) is 9.85. The lowest BCUT2D eigenvalue weighted by molar-refractivity contribution is 0.157. The monoisotopic (exact) mass is 314 g/mol. The van der Waals surface area contributed by atoms with Crippen LogP contribution in [0.3, 0.4) is 0 Å². The molecule has 0 amide bonds. The van der Waals surface area contributed by atoms with Crippen LogP contribution in [0.2, 0.25) is 0 Å². The molecule has 0 aromatic carbocycles. The molecule has 0 saturated heterocycles. The molecule has 0 heterocycles. The lowest BCUT2D eigenvalue weighted by Crippen LogP contribution is -2.45. The Kier molecular flexibility index (Phi) is 2.56. The van der Waals surface area contributed by atoms with Gasteiger partial charge < -0.3 is 5.11 Å². The van der Waals surface area contributed by atoms with Gasteiger partial charge in [-0.1, -0.05) is 46.4 Å². The molecular weight excluding hydrogens is 313 g/mol. The highest BCUT2D eigenvalue weighted by Gasteiger charge is 2.78. The molecule has 80 valence electrons. The van der Waals surface area contributed by atoms with Crippen molar-refractivity contribution in [3.63, 3.8) is 0 Å². The Labute approximate surface area is 111 Å². The van der Waals surface area contributed by atoms with Crippen LogP contribution in [0, 0.1) is 0 Å². The first kappa shape index (κ1) is 11.9. The van der Waals surface area contributed by atoms with Crippen LogP contribution < -0.4 is 0 Å². The average Bonchev–Trinajstić information content (AvgIpc) is 2.27. The van der Waals surface area contributed by atoms with Crippen molar-refractivity contribution in [1.29, 1.82) is 0 Å². The minimum atomic E-state index is -1.60. The van der Waals surface area contributed by atoms with E-state index < -0.39 is 20.2 Å². The number of aliphatic hydroxyl groups excluding tert-OH is 1. The number of rotatable bonds is 0. The molecule has 0 spiro atoms. The largest absolute Gasteiger partial charge is 0.391 e. The molecule has 0 aromatic rings. The van der Waals surface area contributed by atoms with Gasteiger partial charge >= 0.3 is 0 Å². The van der Waals surface area contributed by atoms with Crippen molar-refractivity contribution in [1.82, 2.24) is 0 Å². The molecule has 1 N–H and O–H groups in total. The third-order valence-corrected chi connectivity index (χ3v) is 7.02. The second-order valence-corrected chi connectivity index (χ2v) is 6.76. The van der Waals surface area contributed by atoms with Gasteiger partial charge in [-0.15, -0.1) is 23.2 Å². The molecule has 1 fully saturated rings. The Morgan fingerprint density at radius 2 is 1.57 bits per heavy atom. The normalized spacial score (nSPS) is 50.4. The van der Waals surface area contributed by atoms with E-state index in [0.717, 1.165) is 0 Å². The predicted molar refractivity (Wildman–Crippen MR) is 61.0 cm³/mol. The summed E-state index contributed by atoms with van der Waals surface area (Å²) in [6.45, 7) is 0. The molecule has 2 rings (SSSR count). The Hall–Kier alpha value is 1.44. The van der Waals surface area contributed by atoms with E-state index in [4.69, 9.17) is 69.6 Å². The summed E-state index contributed by atoms with van der Waals surface area (Å²) in [6, 6.07) is 0. The standard InChI is InChI=1S/C7H4Cl6O/c8-3-4(9)6(11)2(14)1-5(3,10)7(6,12)13/h2,14H,1H2. The third-order valence-electron chi connectivity index (χ3n) is 2.75. The van der Waals surface area contributed by atoms with E-state index in [-0.39, 0.29) is 16.5 Å². The first-order valence-electron chi connectivity index (χ1n) is 3.69. The number of hydrogen-bond acceptors (Lipinski definition) is 1. The van der Waals surface area contributed by atoms with Crippen LogP contribution in [-0.4, -0.2) is 25.3 Å². The zero-order valence-electron chi connectivity index (χ0n) is 6.50. The Morgan fingerprint density at radius 1 is 1.07 bits per heavy atom. The quantitative estimate of drug-likeness (QED) is 0.677. The number of allylic oxidation sites excluding steroid dienone is 1. The number of halogens is 6. The number of fused-ring (bicyclic) bond motifs is 2. The highest BCUT2D eigenvalue weighted by Crippen LogP contribution is 2.72. The number of hydrogen-bond donors (Lipinski definition) is 1. The van der Waals surface area contributed by atoms with Crippen molar-refractivity contribution in [3.05, 3.63) is 10.1 Å². The van der Waals surface area contributed by atoms with Gasteiger partial charge in [-0.3, -0.25) is 0 Å². The van der Waals surface area contributed by atoms with Crippen molar-refractivity contribution >= 4 is 69.6 Å². The van der Waals surface area contributed by atoms with E-state index in [2.05, 4.69) is 0 Å². The first-order valence-corrected chi connectivity index (χ1v) is 5.96. The fourth-order valence-corrected chi connectivity index (χ4v) is 4.52. The van der Waals surface area contributed by atoms with Gasteiger partial charge in [0.05, 0.1) is 16.2 Å². The summed E-state index contributed by atoms with van der Waals surface area (Å²) in [4.78, 5) is -2.80. The molecule has 2 aliphatic rings. The molecule has 2 bridgehead atoms. The van der Waals surface area contributed by atoms with E-state index in [1.165, 1.54) is 0 Å². The van der Waals surface area contributed by atoms with Crippen LogP contribution in [0.5, 0.6) is 0 Å². The van der Waals surface area contributed by atoms with Crippen molar-refractivity contribution < 1.29 is 5.11 Å². The van der Waals surface area contributed by atoms with Gasteiger partial charge in [-0.25, -0.2) is 0 Å². The van der Waals surface area contributed by atoms with Crippen LogP contribution in [0.25, 0.3) is 0 Å². The summed E-state index contributed by atoms with van der Waals surface area (Å²) in [7, 11) is 0. The zero-order chi connectivity index (χ0) is 10.9. The van der Waals surface area contributed by atoms with Crippen LogP contribution in [0.15, 0.2) is 10.1 Å². The van der Waals surface area contributed by atoms with Crippen molar-refractivity contribution in [3.8, 4) is 0 Å². The van der Waals surface area contributed by atoms with Gasteiger partial charge in [0, 0.05) is 6.42 Å². The Morgan fingerprint density at radius 3 is 1.86 bits per heavy atom. The van der Waals surface area contributed by atoms with Gasteiger partial charge in [-0.05, 0) is 0 Å². The van der Waals surface area contributed by atoms with Crippen LogP contribution in [0.1, 0.15) is 6.42 Å². The Bertz CT molecular complexity index is 339. The van der Waals surface area contributed by atoms with E-state index >= 15 is 0 Å². The molecular formula is C7H4Cl6O. The zero-order valence-corrected chi connectivity index (χ0v) is 11.0. The summed E-state index contributed by atoms with van der Waals surface area (Å²) in [5.74, 6) is 0. The summed E-state index contributed by atoms with van der Waals surface area (Å²) in [5.41, 5.74) is 0.